The van der Waals surface area contributed by atoms with E-state index in [1.165, 1.54) is 29.2 Å². The number of nitrogens with zero attached hydrogens (tertiary/aromatic N) is 1. The smallest absolute Gasteiger partial charge is 0.409 e. The maximum absolute atomic E-state index is 14.4. The zero-order chi connectivity index (χ0) is 21.7. The number of morpholine rings is 1. The second-order valence-electron chi connectivity index (χ2n) is 6.66. The zero-order valence-electron chi connectivity index (χ0n) is 15.9. The number of halogens is 3. The summed E-state index contributed by atoms with van der Waals surface area (Å²) in [6.45, 7) is 1.21. The van der Waals surface area contributed by atoms with Crippen molar-refractivity contribution < 1.29 is 31.5 Å². The highest BCUT2D eigenvalue weighted by Crippen LogP contribution is 2.34. The highest BCUT2D eigenvalue weighted by molar-refractivity contribution is 7.91. The van der Waals surface area contributed by atoms with E-state index in [1.807, 2.05) is 0 Å². The van der Waals surface area contributed by atoms with Gasteiger partial charge in [0.1, 0.15) is 11.6 Å². The second-order valence-corrected chi connectivity index (χ2v) is 9.22. The molecule has 1 atom stereocenters. The van der Waals surface area contributed by atoms with Crippen LogP contribution < -0.4 is 0 Å². The fourth-order valence-corrected chi connectivity index (χ4v) is 5.01. The molecule has 1 amide bonds. The number of hydrogen-bond donors (Lipinski definition) is 0. The molecule has 0 N–H and O–H groups in total. The van der Waals surface area contributed by atoms with Crippen molar-refractivity contribution >= 4 is 27.5 Å². The van der Waals surface area contributed by atoms with Gasteiger partial charge in [0.05, 0.1) is 30.0 Å². The summed E-state index contributed by atoms with van der Waals surface area (Å²) in [6.07, 6.45) is -0.859. The van der Waals surface area contributed by atoms with Crippen LogP contribution >= 0.6 is 11.6 Å². The van der Waals surface area contributed by atoms with Gasteiger partial charge >= 0.3 is 6.09 Å². The maximum Gasteiger partial charge on any atom is 0.409 e. The van der Waals surface area contributed by atoms with Crippen molar-refractivity contribution in [1.29, 1.82) is 0 Å². The number of hydrogen-bond acceptors (Lipinski definition) is 5. The van der Waals surface area contributed by atoms with Crippen LogP contribution in [0.5, 0.6) is 0 Å². The Balaban J connectivity index is 1.83. The molecule has 0 bridgehead atoms. The average molecular weight is 460 g/mol. The van der Waals surface area contributed by atoms with E-state index < -0.39 is 32.8 Å². The molecule has 2 aromatic carbocycles. The van der Waals surface area contributed by atoms with Crippen LogP contribution in [0.3, 0.4) is 0 Å². The Morgan fingerprint density at radius 2 is 1.80 bits per heavy atom. The number of amides is 1. The Labute approximate surface area is 178 Å². The highest BCUT2D eigenvalue weighted by Gasteiger charge is 2.32. The van der Waals surface area contributed by atoms with Gasteiger partial charge in [0.15, 0.2) is 9.84 Å². The fourth-order valence-electron chi connectivity index (χ4n) is 3.12. The van der Waals surface area contributed by atoms with Gasteiger partial charge in [-0.1, -0.05) is 11.6 Å². The van der Waals surface area contributed by atoms with E-state index in [0.29, 0.717) is 31.3 Å². The summed E-state index contributed by atoms with van der Waals surface area (Å²) in [7, 11) is -4.12. The van der Waals surface area contributed by atoms with Gasteiger partial charge in [-0.15, -0.1) is 0 Å². The van der Waals surface area contributed by atoms with Crippen molar-refractivity contribution in [3.8, 4) is 0 Å². The van der Waals surface area contributed by atoms with Gasteiger partial charge in [-0.2, -0.15) is 0 Å². The molecule has 6 nitrogen and oxygen atoms in total. The van der Waals surface area contributed by atoms with Crippen molar-refractivity contribution in [2.45, 2.75) is 16.6 Å². The Bertz CT molecular complexity index is 995. The molecule has 1 aliphatic heterocycles. The summed E-state index contributed by atoms with van der Waals surface area (Å²) in [5, 5.41) is -1.12. The fraction of sp³-hybridized carbons (Fsp3) is 0.350. The standard InChI is InChI=1S/C20H20ClF2NO5S/c21-14-1-4-16(5-2-14)30(26,27)19(17-13-15(22)3-6-18(17)23)7-10-29-20(25)24-8-11-28-12-9-24/h1-6,13,19H,7-12H2. The summed E-state index contributed by atoms with van der Waals surface area (Å²) >= 11 is 5.82. The van der Waals surface area contributed by atoms with Crippen LogP contribution in [-0.2, 0) is 19.3 Å². The maximum atomic E-state index is 14.4. The average Bonchev–Trinajstić information content (AvgIpc) is 2.74. The number of ether oxygens (including phenoxy) is 2. The first-order valence-electron chi connectivity index (χ1n) is 9.23. The number of benzene rings is 2. The SMILES string of the molecule is O=C(OCCC(c1cc(F)ccc1F)S(=O)(=O)c1ccc(Cl)cc1)N1CCOCC1. The molecule has 3 rings (SSSR count). The van der Waals surface area contributed by atoms with Crippen LogP contribution in [0.1, 0.15) is 17.2 Å². The van der Waals surface area contributed by atoms with Crippen molar-refractivity contribution in [3.63, 3.8) is 0 Å². The summed E-state index contributed by atoms with van der Waals surface area (Å²) in [5.41, 5.74) is -0.327. The van der Waals surface area contributed by atoms with Gasteiger partial charge in [0, 0.05) is 30.1 Å². The predicted molar refractivity (Wildman–Crippen MR) is 106 cm³/mol. The van der Waals surface area contributed by atoms with Crippen LogP contribution in [0, 0.1) is 11.6 Å². The third-order valence-corrected chi connectivity index (χ3v) is 7.12. The van der Waals surface area contributed by atoms with Crippen LogP contribution in [-0.4, -0.2) is 52.3 Å². The first-order valence-corrected chi connectivity index (χ1v) is 11.2. The third-order valence-electron chi connectivity index (χ3n) is 4.70. The lowest BCUT2D eigenvalue weighted by Gasteiger charge is -2.26. The summed E-state index contributed by atoms with van der Waals surface area (Å²) < 4.78 is 64.9. The van der Waals surface area contributed by atoms with Crippen LogP contribution in [0.25, 0.3) is 0 Å². The van der Waals surface area contributed by atoms with Crippen molar-refractivity contribution in [3.05, 3.63) is 64.7 Å². The summed E-state index contributed by atoms with van der Waals surface area (Å²) in [5.74, 6) is -1.63. The lowest BCUT2D eigenvalue weighted by Crippen LogP contribution is -2.41. The highest BCUT2D eigenvalue weighted by atomic mass is 35.5. The lowest BCUT2D eigenvalue weighted by atomic mass is 10.1. The normalized spacial score (nSPS) is 15.6. The van der Waals surface area contributed by atoms with E-state index in [4.69, 9.17) is 21.1 Å². The Morgan fingerprint density at radius 3 is 2.47 bits per heavy atom. The molecular weight excluding hydrogens is 440 g/mol. The lowest BCUT2D eigenvalue weighted by molar-refractivity contribution is 0.0268. The molecule has 0 spiro atoms. The zero-order valence-corrected chi connectivity index (χ0v) is 17.5. The van der Waals surface area contributed by atoms with E-state index in [2.05, 4.69) is 0 Å². The van der Waals surface area contributed by atoms with Crippen molar-refractivity contribution in [2.75, 3.05) is 32.9 Å². The molecule has 2 aromatic rings. The van der Waals surface area contributed by atoms with Gasteiger partial charge in [0.25, 0.3) is 0 Å². The number of rotatable bonds is 6. The second kappa shape index (κ2) is 9.72. The van der Waals surface area contributed by atoms with Crippen LogP contribution in [0.2, 0.25) is 5.02 Å². The minimum atomic E-state index is -4.12. The first-order chi connectivity index (χ1) is 14.3. The first kappa shape index (κ1) is 22.5. The van der Waals surface area contributed by atoms with E-state index in [9.17, 15) is 22.0 Å². The molecule has 1 aliphatic rings. The van der Waals surface area contributed by atoms with E-state index in [-0.39, 0.29) is 23.5 Å². The van der Waals surface area contributed by atoms with Crippen LogP contribution in [0.15, 0.2) is 47.4 Å². The molecule has 0 saturated carbocycles. The molecule has 162 valence electrons. The van der Waals surface area contributed by atoms with Gasteiger partial charge in [-0.25, -0.2) is 22.0 Å². The minimum absolute atomic E-state index is 0.0972. The quantitative estimate of drug-likeness (QED) is 0.653. The Kier molecular flexibility index (Phi) is 7.27. The molecule has 1 fully saturated rings. The minimum Gasteiger partial charge on any atom is -0.449 e. The molecule has 1 saturated heterocycles. The molecule has 30 heavy (non-hydrogen) atoms. The monoisotopic (exact) mass is 459 g/mol. The van der Waals surface area contributed by atoms with E-state index >= 15 is 0 Å². The summed E-state index contributed by atoms with van der Waals surface area (Å²) in [6, 6.07) is 8.00. The van der Waals surface area contributed by atoms with Gasteiger partial charge in [-0.3, -0.25) is 0 Å². The number of sulfone groups is 1. The molecule has 1 heterocycles. The largest absolute Gasteiger partial charge is 0.449 e. The number of carbonyl (C=O) groups is 1. The Hall–Kier alpha value is -2.23. The summed E-state index contributed by atoms with van der Waals surface area (Å²) in [4.78, 5) is 13.5. The molecule has 10 heteroatoms. The van der Waals surface area contributed by atoms with Crippen molar-refractivity contribution in [2.24, 2.45) is 0 Å². The number of carbonyl (C=O) groups excluding carboxylic acids is 1. The Morgan fingerprint density at radius 1 is 1.13 bits per heavy atom. The molecular formula is C20H20ClF2NO5S. The van der Waals surface area contributed by atoms with Gasteiger partial charge < -0.3 is 14.4 Å². The topological polar surface area (TPSA) is 72.9 Å². The third kappa shape index (κ3) is 5.27. The van der Waals surface area contributed by atoms with Gasteiger partial charge in [0.2, 0.25) is 0 Å². The van der Waals surface area contributed by atoms with E-state index in [0.717, 1.165) is 18.2 Å². The van der Waals surface area contributed by atoms with Gasteiger partial charge in [-0.05, 0) is 42.5 Å². The molecule has 0 radical (unpaired) electrons. The van der Waals surface area contributed by atoms with Crippen molar-refractivity contribution in [1.82, 2.24) is 4.90 Å². The molecule has 0 aromatic heterocycles. The van der Waals surface area contributed by atoms with E-state index in [1.54, 1.807) is 0 Å². The predicted octanol–water partition coefficient (Wildman–Crippen LogP) is 3.99. The molecule has 1 unspecified atom stereocenters. The molecule has 0 aliphatic carbocycles. The van der Waals surface area contributed by atoms with Crippen LogP contribution in [0.4, 0.5) is 13.6 Å².